The molecule has 0 atom stereocenters. The minimum atomic E-state index is 0.111. The van der Waals surface area contributed by atoms with Crippen molar-refractivity contribution in [3.63, 3.8) is 0 Å². The number of aromatic nitrogens is 1. The van der Waals surface area contributed by atoms with Crippen molar-refractivity contribution >= 4 is 0 Å². The zero-order valence-corrected chi connectivity index (χ0v) is 9.91. The molecule has 0 fully saturated rings. The van der Waals surface area contributed by atoms with Gasteiger partial charge < -0.3 is 0 Å². The minimum absolute atomic E-state index is 0.111. The molecule has 16 heavy (non-hydrogen) atoms. The van der Waals surface area contributed by atoms with Crippen molar-refractivity contribution in [3.05, 3.63) is 53.3 Å². The Hall–Kier alpha value is -1.63. The smallest absolute Gasteiger partial charge is 0.0349 e. The summed E-state index contributed by atoms with van der Waals surface area (Å²) in [6, 6.07) is 8.71. The first-order valence-electron chi connectivity index (χ1n) is 5.67. The summed E-state index contributed by atoms with van der Waals surface area (Å²) >= 11 is 0. The van der Waals surface area contributed by atoms with E-state index in [4.69, 9.17) is 0 Å². The van der Waals surface area contributed by atoms with Gasteiger partial charge in [0, 0.05) is 23.4 Å². The number of nitrogens with zero attached hydrogens (tertiary/aromatic N) is 1. The quantitative estimate of drug-likeness (QED) is 0.644. The van der Waals surface area contributed by atoms with E-state index in [1.807, 2.05) is 12.4 Å². The first kappa shape index (κ1) is 9.59. The van der Waals surface area contributed by atoms with Crippen LogP contribution in [0, 0.1) is 6.92 Å². The average Bonchev–Trinajstić information content (AvgIpc) is 2.51. The summed E-state index contributed by atoms with van der Waals surface area (Å²) in [6.07, 6.45) is 3.89. The largest absolute Gasteiger partial charge is 0.264 e. The topological polar surface area (TPSA) is 12.9 Å². The molecule has 1 aromatic carbocycles. The molecule has 0 saturated heterocycles. The second-order valence-electron chi connectivity index (χ2n) is 5.04. The van der Waals surface area contributed by atoms with Gasteiger partial charge in [0.1, 0.15) is 0 Å². The molecule has 0 aliphatic heterocycles. The van der Waals surface area contributed by atoms with E-state index in [0.717, 1.165) is 0 Å². The van der Waals surface area contributed by atoms with E-state index in [2.05, 4.69) is 50.0 Å². The van der Waals surface area contributed by atoms with Gasteiger partial charge in [0.05, 0.1) is 0 Å². The minimum Gasteiger partial charge on any atom is -0.264 e. The van der Waals surface area contributed by atoms with Gasteiger partial charge in [-0.2, -0.15) is 0 Å². The van der Waals surface area contributed by atoms with E-state index < -0.39 is 0 Å². The number of aryl methyl sites for hydroxylation is 1. The van der Waals surface area contributed by atoms with Crippen molar-refractivity contribution in [1.29, 1.82) is 0 Å². The van der Waals surface area contributed by atoms with E-state index in [9.17, 15) is 0 Å². The normalized spacial score (nSPS) is 15.7. The molecular weight excluding hydrogens is 194 g/mol. The summed E-state index contributed by atoms with van der Waals surface area (Å²) in [6.45, 7) is 6.76. The van der Waals surface area contributed by atoms with Crippen LogP contribution < -0.4 is 0 Å². The van der Waals surface area contributed by atoms with Crippen LogP contribution in [0.5, 0.6) is 0 Å². The van der Waals surface area contributed by atoms with Crippen molar-refractivity contribution < 1.29 is 0 Å². The van der Waals surface area contributed by atoms with Gasteiger partial charge in [0.25, 0.3) is 0 Å². The Morgan fingerprint density at radius 3 is 2.69 bits per heavy atom. The average molecular weight is 209 g/mol. The van der Waals surface area contributed by atoms with E-state index in [-0.39, 0.29) is 5.41 Å². The number of rotatable bonds is 0. The molecule has 1 aliphatic carbocycles. The Labute approximate surface area is 96.2 Å². The lowest BCUT2D eigenvalue weighted by Gasteiger charge is -2.21. The summed E-state index contributed by atoms with van der Waals surface area (Å²) in [4.78, 5) is 4.26. The Balaban J connectivity index is 2.45. The Bertz CT molecular complexity index is 567. The highest BCUT2D eigenvalue weighted by Gasteiger charge is 2.35. The van der Waals surface area contributed by atoms with Gasteiger partial charge in [-0.15, -0.1) is 0 Å². The van der Waals surface area contributed by atoms with Gasteiger partial charge in [-0.3, -0.25) is 4.98 Å². The van der Waals surface area contributed by atoms with Gasteiger partial charge in [-0.05, 0) is 35.2 Å². The van der Waals surface area contributed by atoms with Crippen molar-refractivity contribution in [2.75, 3.05) is 0 Å². The monoisotopic (exact) mass is 209 g/mol. The van der Waals surface area contributed by atoms with Crippen LogP contribution in [0.15, 0.2) is 36.7 Å². The van der Waals surface area contributed by atoms with Gasteiger partial charge in [0.15, 0.2) is 0 Å². The van der Waals surface area contributed by atoms with Gasteiger partial charge in [-0.1, -0.05) is 32.0 Å². The van der Waals surface area contributed by atoms with Crippen molar-refractivity contribution in [2.45, 2.75) is 26.2 Å². The van der Waals surface area contributed by atoms with Crippen molar-refractivity contribution in [3.8, 4) is 11.1 Å². The third-order valence-corrected chi connectivity index (χ3v) is 3.71. The molecule has 1 nitrogen and oxygen atoms in total. The predicted octanol–water partition coefficient (Wildman–Crippen LogP) is 3.70. The number of benzene rings is 1. The molecule has 1 heterocycles. The maximum absolute atomic E-state index is 4.26. The molecule has 1 heteroatoms. The molecular formula is C15H15N. The fourth-order valence-corrected chi connectivity index (χ4v) is 2.83. The van der Waals surface area contributed by atoms with E-state index in [1.165, 1.54) is 27.8 Å². The molecule has 1 aliphatic rings. The highest BCUT2D eigenvalue weighted by molar-refractivity contribution is 5.82. The third-order valence-electron chi connectivity index (χ3n) is 3.71. The number of pyridine rings is 1. The summed E-state index contributed by atoms with van der Waals surface area (Å²) in [7, 11) is 0. The Morgan fingerprint density at radius 1 is 1.06 bits per heavy atom. The molecule has 0 N–H and O–H groups in total. The molecule has 80 valence electrons. The van der Waals surface area contributed by atoms with Crippen LogP contribution in [0.4, 0.5) is 0 Å². The highest BCUT2D eigenvalue weighted by atomic mass is 14.6. The van der Waals surface area contributed by atoms with Gasteiger partial charge in [0.2, 0.25) is 0 Å². The van der Waals surface area contributed by atoms with E-state index in [0.29, 0.717) is 0 Å². The third kappa shape index (κ3) is 1.03. The standard InChI is InChI=1S/C15H15N/c1-10-5-4-6-13-14(10)11-9-16-8-7-12(11)15(13,2)3/h4-9H,1-3H3. The predicted molar refractivity (Wildman–Crippen MR) is 66.5 cm³/mol. The van der Waals surface area contributed by atoms with Gasteiger partial charge >= 0.3 is 0 Å². The zero-order valence-electron chi connectivity index (χ0n) is 9.91. The van der Waals surface area contributed by atoms with Crippen molar-refractivity contribution in [1.82, 2.24) is 4.98 Å². The number of fused-ring (bicyclic) bond motifs is 3. The van der Waals surface area contributed by atoms with Gasteiger partial charge in [-0.25, -0.2) is 0 Å². The maximum Gasteiger partial charge on any atom is 0.0349 e. The molecule has 2 aromatic rings. The number of hydrogen-bond donors (Lipinski definition) is 0. The molecule has 3 rings (SSSR count). The van der Waals surface area contributed by atoms with Crippen LogP contribution >= 0.6 is 0 Å². The van der Waals surface area contributed by atoms with Crippen LogP contribution in [0.3, 0.4) is 0 Å². The van der Waals surface area contributed by atoms with E-state index >= 15 is 0 Å². The molecule has 0 saturated carbocycles. The lowest BCUT2D eigenvalue weighted by Crippen LogP contribution is -2.14. The number of hydrogen-bond acceptors (Lipinski definition) is 1. The first-order chi connectivity index (χ1) is 7.62. The van der Waals surface area contributed by atoms with E-state index in [1.54, 1.807) is 0 Å². The van der Waals surface area contributed by atoms with Crippen LogP contribution in [0.2, 0.25) is 0 Å². The second kappa shape index (κ2) is 2.94. The molecule has 0 radical (unpaired) electrons. The Morgan fingerprint density at radius 2 is 1.88 bits per heavy atom. The summed E-state index contributed by atoms with van der Waals surface area (Å²) in [5, 5.41) is 0. The fourth-order valence-electron chi connectivity index (χ4n) is 2.83. The summed E-state index contributed by atoms with van der Waals surface area (Å²) in [5.74, 6) is 0. The molecule has 0 unspecified atom stereocenters. The molecule has 0 amide bonds. The fraction of sp³-hybridized carbons (Fsp3) is 0.267. The first-order valence-corrected chi connectivity index (χ1v) is 5.67. The SMILES string of the molecule is Cc1cccc2c1-c1cnccc1C2(C)C. The second-order valence-corrected chi connectivity index (χ2v) is 5.04. The van der Waals surface area contributed by atoms with Crippen LogP contribution in [0.1, 0.15) is 30.5 Å². The lowest BCUT2D eigenvalue weighted by atomic mass is 9.82. The highest BCUT2D eigenvalue weighted by Crippen LogP contribution is 2.49. The summed E-state index contributed by atoms with van der Waals surface area (Å²) < 4.78 is 0. The van der Waals surface area contributed by atoms with Crippen LogP contribution in [-0.2, 0) is 5.41 Å². The Kier molecular flexibility index (Phi) is 1.76. The summed E-state index contributed by atoms with van der Waals surface area (Å²) in [5.41, 5.74) is 6.97. The maximum atomic E-state index is 4.26. The molecule has 0 bridgehead atoms. The molecule has 0 spiro atoms. The zero-order chi connectivity index (χ0) is 11.3. The van der Waals surface area contributed by atoms with Crippen molar-refractivity contribution in [2.24, 2.45) is 0 Å². The van der Waals surface area contributed by atoms with Crippen LogP contribution in [0.25, 0.3) is 11.1 Å². The molecule has 1 aromatic heterocycles. The van der Waals surface area contributed by atoms with Crippen LogP contribution in [-0.4, -0.2) is 4.98 Å². The lowest BCUT2D eigenvalue weighted by molar-refractivity contribution is 0.659.